The smallest absolute Gasteiger partial charge is 0.246 e. The number of oxazole rings is 1. The molecule has 2 aromatic heterocycles. The van der Waals surface area contributed by atoms with Gasteiger partial charge in [0.2, 0.25) is 15.9 Å². The minimum Gasteiger partial charge on any atom is -0.444 e. The summed E-state index contributed by atoms with van der Waals surface area (Å²) >= 11 is 5.90. The summed E-state index contributed by atoms with van der Waals surface area (Å²) in [6, 6.07) is 7.19. The van der Waals surface area contributed by atoms with Crippen LogP contribution < -0.4 is 0 Å². The first-order valence-electron chi connectivity index (χ1n) is 8.44. The van der Waals surface area contributed by atoms with Crippen molar-refractivity contribution >= 4 is 21.6 Å². The predicted octanol–water partition coefficient (Wildman–Crippen LogP) is 3.50. The van der Waals surface area contributed by atoms with Crippen molar-refractivity contribution in [1.29, 1.82) is 0 Å². The van der Waals surface area contributed by atoms with Crippen LogP contribution in [0, 0.1) is 13.8 Å². The Morgan fingerprint density at radius 2 is 1.89 bits per heavy atom. The lowest BCUT2D eigenvalue weighted by Gasteiger charge is -2.15. The molecule has 27 heavy (non-hydrogen) atoms. The zero-order chi connectivity index (χ0) is 19.8. The van der Waals surface area contributed by atoms with Gasteiger partial charge in [-0.05, 0) is 38.1 Å². The van der Waals surface area contributed by atoms with Crippen LogP contribution in [0.2, 0.25) is 5.02 Å². The summed E-state index contributed by atoms with van der Waals surface area (Å²) in [5, 5.41) is 5.03. The highest BCUT2D eigenvalue weighted by molar-refractivity contribution is 7.89. The molecule has 0 fully saturated rings. The van der Waals surface area contributed by atoms with Gasteiger partial charge in [0, 0.05) is 24.2 Å². The number of sulfonamides is 1. The van der Waals surface area contributed by atoms with Gasteiger partial charge in [-0.3, -0.25) is 4.68 Å². The highest BCUT2D eigenvalue weighted by atomic mass is 35.5. The number of rotatable bonds is 6. The van der Waals surface area contributed by atoms with Crippen molar-refractivity contribution in [3.8, 4) is 11.5 Å². The van der Waals surface area contributed by atoms with Crippen LogP contribution in [0.1, 0.15) is 24.0 Å². The number of nitrogens with zero attached hydrogens (tertiary/aromatic N) is 4. The van der Waals surface area contributed by atoms with E-state index in [1.807, 2.05) is 12.1 Å². The molecule has 0 saturated heterocycles. The van der Waals surface area contributed by atoms with Crippen molar-refractivity contribution in [2.24, 2.45) is 0 Å². The fourth-order valence-corrected chi connectivity index (χ4v) is 4.46. The van der Waals surface area contributed by atoms with Crippen molar-refractivity contribution in [3.63, 3.8) is 0 Å². The number of hydrogen-bond acceptors (Lipinski definition) is 5. The summed E-state index contributed by atoms with van der Waals surface area (Å²) < 4.78 is 33.9. The summed E-state index contributed by atoms with van der Waals surface area (Å²) in [6.45, 7) is 5.94. The normalized spacial score (nSPS) is 12.1. The van der Waals surface area contributed by atoms with Crippen LogP contribution >= 0.6 is 11.6 Å². The van der Waals surface area contributed by atoms with Gasteiger partial charge in [0.05, 0.1) is 17.9 Å². The minimum atomic E-state index is -3.57. The minimum absolute atomic E-state index is 0.244. The zero-order valence-corrected chi connectivity index (χ0v) is 17.2. The fraction of sp³-hybridized carbons (Fsp3) is 0.333. The number of benzene rings is 1. The van der Waals surface area contributed by atoms with Gasteiger partial charge in [0.15, 0.2) is 0 Å². The van der Waals surface area contributed by atoms with Crippen LogP contribution in [0.15, 0.2) is 39.8 Å². The quantitative estimate of drug-likeness (QED) is 0.623. The van der Waals surface area contributed by atoms with Gasteiger partial charge < -0.3 is 4.42 Å². The summed E-state index contributed by atoms with van der Waals surface area (Å²) in [6.07, 6.45) is 1.55. The summed E-state index contributed by atoms with van der Waals surface area (Å²) in [7, 11) is -2.01. The molecule has 7 nitrogen and oxygen atoms in total. The third kappa shape index (κ3) is 3.78. The van der Waals surface area contributed by atoms with Crippen LogP contribution in [0.25, 0.3) is 11.5 Å². The molecule has 0 saturated carbocycles. The van der Waals surface area contributed by atoms with Crippen molar-refractivity contribution in [2.75, 3.05) is 13.6 Å². The van der Waals surface area contributed by atoms with Crippen LogP contribution in [0.3, 0.4) is 0 Å². The molecular weight excluding hydrogens is 388 g/mol. The van der Waals surface area contributed by atoms with Gasteiger partial charge in [-0.2, -0.15) is 5.10 Å². The first-order valence-corrected chi connectivity index (χ1v) is 10.3. The standard InChI is InChI=1S/C18H21ClN4O3S/c1-5-22(4)27(24,25)17-12(2)21-23(13(17)3)10-16-11-26-18(20-16)14-6-8-15(19)9-7-14/h6-9,11H,5,10H2,1-4H3. The van der Waals surface area contributed by atoms with Gasteiger partial charge in [-0.15, -0.1) is 0 Å². The highest BCUT2D eigenvalue weighted by Gasteiger charge is 2.28. The number of halogens is 1. The largest absolute Gasteiger partial charge is 0.444 e. The average molecular weight is 409 g/mol. The Hall–Kier alpha value is -2.16. The fourth-order valence-electron chi connectivity index (χ4n) is 2.79. The van der Waals surface area contributed by atoms with Gasteiger partial charge in [-0.25, -0.2) is 17.7 Å². The molecule has 0 N–H and O–H groups in total. The third-order valence-electron chi connectivity index (χ3n) is 4.38. The maximum absolute atomic E-state index is 12.7. The van der Waals surface area contributed by atoms with Crippen molar-refractivity contribution in [1.82, 2.24) is 19.1 Å². The molecule has 0 amide bonds. The monoisotopic (exact) mass is 408 g/mol. The van der Waals surface area contributed by atoms with E-state index in [9.17, 15) is 8.42 Å². The van der Waals surface area contributed by atoms with Gasteiger partial charge in [-0.1, -0.05) is 18.5 Å². The third-order valence-corrected chi connectivity index (χ3v) is 6.82. The molecule has 0 atom stereocenters. The molecule has 3 aromatic rings. The molecule has 0 aliphatic heterocycles. The summed E-state index contributed by atoms with van der Waals surface area (Å²) in [5.41, 5.74) is 2.50. The van der Waals surface area contributed by atoms with E-state index in [0.717, 1.165) is 5.56 Å². The Labute approximate surface area is 163 Å². The van der Waals surface area contributed by atoms with E-state index in [0.29, 0.717) is 41.1 Å². The zero-order valence-electron chi connectivity index (χ0n) is 15.6. The van der Waals surface area contributed by atoms with Gasteiger partial charge >= 0.3 is 0 Å². The Bertz CT molecular complexity index is 1050. The summed E-state index contributed by atoms with van der Waals surface area (Å²) in [5.74, 6) is 0.474. The molecule has 0 aliphatic carbocycles. The van der Waals surface area contributed by atoms with Crippen molar-refractivity contribution < 1.29 is 12.8 Å². The van der Waals surface area contributed by atoms with E-state index in [2.05, 4.69) is 10.1 Å². The lowest BCUT2D eigenvalue weighted by molar-refractivity contribution is 0.485. The molecule has 3 rings (SSSR count). The van der Waals surface area contributed by atoms with Crippen LogP contribution in [-0.4, -0.2) is 41.1 Å². The van der Waals surface area contributed by atoms with Crippen LogP contribution in [0.5, 0.6) is 0 Å². The Morgan fingerprint density at radius 3 is 2.52 bits per heavy atom. The lowest BCUT2D eigenvalue weighted by Crippen LogP contribution is -2.27. The molecule has 0 bridgehead atoms. The Balaban J connectivity index is 1.90. The lowest BCUT2D eigenvalue weighted by atomic mass is 10.2. The van der Waals surface area contributed by atoms with Crippen molar-refractivity contribution in [3.05, 3.63) is 52.6 Å². The molecule has 144 valence electrons. The molecule has 0 aliphatic rings. The highest BCUT2D eigenvalue weighted by Crippen LogP contribution is 2.24. The first kappa shape index (κ1) is 19.6. The van der Waals surface area contributed by atoms with Gasteiger partial charge in [0.1, 0.15) is 16.9 Å². The molecule has 0 spiro atoms. The average Bonchev–Trinajstić information content (AvgIpc) is 3.20. The predicted molar refractivity (Wildman–Crippen MR) is 103 cm³/mol. The molecule has 9 heteroatoms. The van der Waals surface area contributed by atoms with E-state index in [4.69, 9.17) is 16.0 Å². The van der Waals surface area contributed by atoms with Gasteiger partial charge in [0.25, 0.3) is 0 Å². The number of aromatic nitrogens is 3. The van der Waals surface area contributed by atoms with E-state index < -0.39 is 10.0 Å². The second-order valence-corrected chi connectivity index (χ2v) is 8.65. The van der Waals surface area contributed by atoms with E-state index in [1.165, 1.54) is 4.31 Å². The molecule has 1 aromatic carbocycles. The molecule has 0 radical (unpaired) electrons. The van der Waals surface area contributed by atoms with E-state index in [1.54, 1.807) is 50.9 Å². The molecule has 0 unspecified atom stereocenters. The first-order chi connectivity index (χ1) is 12.7. The van der Waals surface area contributed by atoms with Crippen LogP contribution in [-0.2, 0) is 16.6 Å². The van der Waals surface area contributed by atoms with Crippen LogP contribution in [0.4, 0.5) is 0 Å². The SMILES string of the molecule is CCN(C)S(=O)(=O)c1c(C)nn(Cc2coc(-c3ccc(Cl)cc3)n2)c1C. The maximum atomic E-state index is 12.7. The number of aryl methyl sites for hydroxylation is 1. The maximum Gasteiger partial charge on any atom is 0.246 e. The second-order valence-electron chi connectivity index (χ2n) is 6.23. The topological polar surface area (TPSA) is 81.2 Å². The summed E-state index contributed by atoms with van der Waals surface area (Å²) in [4.78, 5) is 4.71. The second kappa shape index (κ2) is 7.46. The Morgan fingerprint density at radius 1 is 1.22 bits per heavy atom. The number of hydrogen-bond donors (Lipinski definition) is 0. The van der Waals surface area contributed by atoms with Crippen molar-refractivity contribution in [2.45, 2.75) is 32.2 Å². The molecule has 2 heterocycles. The van der Waals surface area contributed by atoms with E-state index in [-0.39, 0.29) is 4.90 Å². The Kier molecular flexibility index (Phi) is 5.41. The van der Waals surface area contributed by atoms with E-state index >= 15 is 0 Å². The molecular formula is C18H21ClN4O3S.